The number of hydrogen-bond donors (Lipinski definition) is 1. The van der Waals surface area contributed by atoms with Gasteiger partial charge in [0.2, 0.25) is 0 Å². The molecule has 98 valence electrons. The van der Waals surface area contributed by atoms with Crippen LogP contribution in [0.2, 0.25) is 0 Å². The summed E-state index contributed by atoms with van der Waals surface area (Å²) >= 11 is 5.10. The van der Waals surface area contributed by atoms with E-state index in [4.69, 9.17) is 16.3 Å². The van der Waals surface area contributed by atoms with Gasteiger partial charge in [-0.2, -0.15) is 0 Å². The molecule has 0 aliphatic heterocycles. The molecule has 0 aromatic rings. The minimum Gasteiger partial charge on any atom is -0.345 e. The quantitative estimate of drug-likeness (QED) is 0.442. The molecule has 0 amide bonds. The van der Waals surface area contributed by atoms with Crippen LogP contribution in [-0.4, -0.2) is 17.7 Å². The Morgan fingerprint density at radius 2 is 1.50 bits per heavy atom. The van der Waals surface area contributed by atoms with Gasteiger partial charge in [0.1, 0.15) is 0 Å². The number of rotatable bonds is 11. The monoisotopic (exact) mass is 266 g/mol. The minimum absolute atomic E-state index is 0.625. The third-order valence-corrected chi connectivity index (χ3v) is 4.92. The van der Waals surface area contributed by atoms with Crippen molar-refractivity contribution in [3.8, 4) is 0 Å². The fraction of sp³-hybridized carbons (Fsp3) is 1.00. The molecule has 1 unspecified atom stereocenters. The van der Waals surface area contributed by atoms with E-state index < -0.39 is 6.49 Å². The first-order valence-electron chi connectivity index (χ1n) is 6.58. The Morgan fingerprint density at radius 3 is 2.12 bits per heavy atom. The zero-order valence-electron chi connectivity index (χ0n) is 10.8. The molecule has 1 N–H and O–H groups in total. The third kappa shape index (κ3) is 11.1. The second-order valence-corrected chi connectivity index (χ2v) is 8.01. The van der Waals surface area contributed by atoms with Gasteiger partial charge in [0.25, 0.3) is 0 Å². The molecule has 0 radical (unpaired) electrons. The van der Waals surface area contributed by atoms with Crippen molar-refractivity contribution in [2.45, 2.75) is 65.2 Å². The van der Waals surface area contributed by atoms with Crippen LogP contribution in [0.15, 0.2) is 0 Å². The van der Waals surface area contributed by atoms with E-state index in [-0.39, 0.29) is 0 Å². The zero-order chi connectivity index (χ0) is 12.3. The Kier molecular flexibility index (Phi) is 11.1. The Labute approximate surface area is 106 Å². The summed E-state index contributed by atoms with van der Waals surface area (Å²) < 4.78 is 5.38. The zero-order valence-corrected chi connectivity index (χ0v) is 12.5. The van der Waals surface area contributed by atoms with Crippen molar-refractivity contribution in [1.29, 1.82) is 0 Å². The third-order valence-electron chi connectivity index (χ3n) is 2.59. The van der Waals surface area contributed by atoms with Crippen LogP contribution >= 0.6 is 6.49 Å². The maximum atomic E-state index is 9.85. The molecule has 0 aliphatic rings. The van der Waals surface area contributed by atoms with E-state index in [2.05, 4.69) is 13.8 Å². The van der Waals surface area contributed by atoms with Crippen LogP contribution in [0.5, 0.6) is 0 Å². The Balaban J connectivity index is 3.39. The second-order valence-electron chi connectivity index (χ2n) is 4.32. The van der Waals surface area contributed by atoms with Crippen molar-refractivity contribution in [1.82, 2.24) is 0 Å². The molecule has 0 saturated heterocycles. The van der Waals surface area contributed by atoms with Gasteiger partial charge < -0.3 is 9.42 Å². The van der Waals surface area contributed by atoms with Gasteiger partial charge in [0.15, 0.2) is 6.49 Å². The Bertz CT molecular complexity index is 197. The molecule has 0 heterocycles. The molecule has 0 aromatic carbocycles. The summed E-state index contributed by atoms with van der Waals surface area (Å²) in [5, 5.41) is 0. The first kappa shape index (κ1) is 16.6. The molecule has 0 spiro atoms. The summed E-state index contributed by atoms with van der Waals surface area (Å²) in [7, 11) is 0. The lowest BCUT2D eigenvalue weighted by Crippen LogP contribution is -1.96. The maximum absolute atomic E-state index is 9.85. The highest BCUT2D eigenvalue weighted by molar-refractivity contribution is 8.09. The van der Waals surface area contributed by atoms with Crippen molar-refractivity contribution < 1.29 is 9.42 Å². The SMILES string of the molecule is CCCCCCCCP(O)(=S)OCCCC. The predicted octanol–water partition coefficient (Wildman–Crippen LogP) is 4.47. The van der Waals surface area contributed by atoms with Gasteiger partial charge in [0, 0.05) is 6.16 Å². The maximum Gasteiger partial charge on any atom is 0.186 e. The molecule has 0 fully saturated rings. The summed E-state index contributed by atoms with van der Waals surface area (Å²) in [5.74, 6) is 0. The van der Waals surface area contributed by atoms with Crippen molar-refractivity contribution >= 4 is 18.3 Å². The fourth-order valence-corrected chi connectivity index (χ4v) is 3.29. The van der Waals surface area contributed by atoms with Gasteiger partial charge in [-0.05, 0) is 24.6 Å². The lowest BCUT2D eigenvalue weighted by Gasteiger charge is -2.15. The van der Waals surface area contributed by atoms with Gasteiger partial charge in [-0.3, -0.25) is 0 Å². The molecular formula is C12H27O2PS. The topological polar surface area (TPSA) is 29.5 Å². The van der Waals surface area contributed by atoms with Gasteiger partial charge in [-0.1, -0.05) is 52.4 Å². The molecule has 16 heavy (non-hydrogen) atoms. The predicted molar refractivity (Wildman–Crippen MR) is 75.6 cm³/mol. The summed E-state index contributed by atoms with van der Waals surface area (Å²) in [6.07, 6.45) is 10.1. The Hall–Kier alpha value is 0.570. The van der Waals surface area contributed by atoms with E-state index in [1.165, 1.54) is 32.1 Å². The minimum atomic E-state index is -2.44. The van der Waals surface area contributed by atoms with Crippen LogP contribution in [-0.2, 0) is 16.3 Å². The van der Waals surface area contributed by atoms with E-state index >= 15 is 0 Å². The average Bonchev–Trinajstić information content (AvgIpc) is 2.23. The van der Waals surface area contributed by atoms with E-state index in [0.717, 1.165) is 19.3 Å². The summed E-state index contributed by atoms with van der Waals surface area (Å²) in [6, 6.07) is 0. The summed E-state index contributed by atoms with van der Waals surface area (Å²) in [4.78, 5) is 9.85. The summed E-state index contributed by atoms with van der Waals surface area (Å²) in [6.45, 7) is 2.51. The van der Waals surface area contributed by atoms with Gasteiger partial charge >= 0.3 is 0 Å². The van der Waals surface area contributed by atoms with Gasteiger partial charge in [-0.15, -0.1) is 0 Å². The first-order chi connectivity index (χ1) is 7.62. The van der Waals surface area contributed by atoms with Crippen LogP contribution in [0, 0.1) is 0 Å². The van der Waals surface area contributed by atoms with E-state index in [0.29, 0.717) is 12.8 Å². The lowest BCUT2D eigenvalue weighted by molar-refractivity contribution is 0.299. The second kappa shape index (κ2) is 10.7. The van der Waals surface area contributed by atoms with Gasteiger partial charge in [-0.25, -0.2) is 0 Å². The van der Waals surface area contributed by atoms with Crippen LogP contribution < -0.4 is 0 Å². The molecule has 0 rings (SSSR count). The molecule has 4 heteroatoms. The van der Waals surface area contributed by atoms with Crippen molar-refractivity contribution in [3.63, 3.8) is 0 Å². The molecular weight excluding hydrogens is 239 g/mol. The largest absolute Gasteiger partial charge is 0.345 e. The van der Waals surface area contributed by atoms with Gasteiger partial charge in [0.05, 0.1) is 6.61 Å². The molecule has 0 aliphatic carbocycles. The van der Waals surface area contributed by atoms with Crippen molar-refractivity contribution in [2.24, 2.45) is 0 Å². The fourth-order valence-electron chi connectivity index (χ4n) is 1.51. The van der Waals surface area contributed by atoms with Crippen LogP contribution in [0.3, 0.4) is 0 Å². The highest BCUT2D eigenvalue weighted by Gasteiger charge is 2.12. The number of hydrogen-bond acceptors (Lipinski definition) is 2. The molecule has 2 nitrogen and oxygen atoms in total. The van der Waals surface area contributed by atoms with Crippen LogP contribution in [0.1, 0.15) is 65.2 Å². The van der Waals surface area contributed by atoms with Crippen LogP contribution in [0.4, 0.5) is 0 Å². The first-order valence-corrected chi connectivity index (χ1v) is 9.44. The van der Waals surface area contributed by atoms with E-state index in [9.17, 15) is 4.89 Å². The normalized spacial score (nSPS) is 14.9. The Morgan fingerprint density at radius 1 is 0.938 bits per heavy atom. The molecule has 0 saturated carbocycles. The summed E-state index contributed by atoms with van der Waals surface area (Å²) in [5.41, 5.74) is 0. The smallest absolute Gasteiger partial charge is 0.186 e. The van der Waals surface area contributed by atoms with E-state index in [1.54, 1.807) is 0 Å². The standard InChI is InChI=1S/C12H27O2PS/c1-3-5-7-8-9-10-12-15(13,16)14-11-6-4-2/h3-12H2,1-2H3,(H,13,16). The molecule has 0 bridgehead atoms. The van der Waals surface area contributed by atoms with E-state index in [1.807, 2.05) is 0 Å². The highest BCUT2D eigenvalue weighted by atomic mass is 32.5. The lowest BCUT2D eigenvalue weighted by atomic mass is 10.1. The molecule has 0 aromatic heterocycles. The number of unbranched alkanes of at least 4 members (excludes halogenated alkanes) is 6. The van der Waals surface area contributed by atoms with Crippen molar-refractivity contribution in [2.75, 3.05) is 12.8 Å². The highest BCUT2D eigenvalue weighted by Crippen LogP contribution is 2.43. The van der Waals surface area contributed by atoms with Crippen molar-refractivity contribution in [3.05, 3.63) is 0 Å². The molecule has 1 atom stereocenters. The average molecular weight is 266 g/mol. The van der Waals surface area contributed by atoms with Crippen LogP contribution in [0.25, 0.3) is 0 Å².